The van der Waals surface area contributed by atoms with Crippen LogP contribution in [0.3, 0.4) is 0 Å². The molecule has 1 heterocycles. The molecule has 0 amide bonds. The maximum Gasteiger partial charge on any atom is 0.276 e. The number of aromatic amines is 1. The molecule has 0 aliphatic heterocycles. The molecule has 1 aromatic carbocycles. The van der Waals surface area contributed by atoms with Crippen molar-refractivity contribution in [3.05, 3.63) is 46.0 Å². The van der Waals surface area contributed by atoms with Gasteiger partial charge in [-0.3, -0.25) is 4.79 Å². The molecular formula is C12H14N4O. The minimum absolute atomic E-state index is 0.0895. The van der Waals surface area contributed by atoms with Gasteiger partial charge in [-0.25, -0.2) is 4.98 Å². The van der Waals surface area contributed by atoms with Crippen LogP contribution in [0.25, 0.3) is 0 Å². The lowest BCUT2D eigenvalue weighted by Crippen LogP contribution is -2.14. The summed E-state index contributed by atoms with van der Waals surface area (Å²) in [5.74, 6) is 0.374. The summed E-state index contributed by atoms with van der Waals surface area (Å²) in [5, 5.41) is 3.04. The lowest BCUT2D eigenvalue weighted by atomic mass is 10.1. The lowest BCUT2D eigenvalue weighted by molar-refractivity contribution is 1.12. The molecule has 0 aliphatic carbocycles. The molecule has 88 valence electrons. The first-order valence-corrected chi connectivity index (χ1v) is 5.25. The van der Waals surface area contributed by atoms with Crippen molar-refractivity contribution >= 4 is 17.2 Å². The summed E-state index contributed by atoms with van der Waals surface area (Å²) in [5.41, 5.74) is 8.52. The average molecular weight is 230 g/mol. The molecule has 17 heavy (non-hydrogen) atoms. The summed E-state index contributed by atoms with van der Waals surface area (Å²) in [4.78, 5) is 17.7. The molecule has 0 bridgehead atoms. The molecule has 0 saturated heterocycles. The maximum absolute atomic E-state index is 11.3. The van der Waals surface area contributed by atoms with Crippen molar-refractivity contribution in [2.24, 2.45) is 0 Å². The second-order valence-corrected chi connectivity index (χ2v) is 4.00. The Morgan fingerprint density at radius 1 is 1.24 bits per heavy atom. The van der Waals surface area contributed by atoms with E-state index < -0.39 is 0 Å². The molecule has 0 unspecified atom stereocenters. The monoisotopic (exact) mass is 230 g/mol. The van der Waals surface area contributed by atoms with Crippen LogP contribution in [0.2, 0.25) is 0 Å². The van der Waals surface area contributed by atoms with Gasteiger partial charge in [0, 0.05) is 5.69 Å². The number of nitrogens with one attached hydrogen (secondary N) is 2. The highest BCUT2D eigenvalue weighted by atomic mass is 16.1. The Morgan fingerprint density at radius 2 is 1.88 bits per heavy atom. The number of nitrogens with two attached hydrogens (primary N) is 1. The summed E-state index contributed by atoms with van der Waals surface area (Å²) < 4.78 is 0. The van der Waals surface area contributed by atoms with E-state index in [0.717, 1.165) is 16.8 Å². The van der Waals surface area contributed by atoms with E-state index in [2.05, 4.69) is 21.4 Å². The smallest absolute Gasteiger partial charge is 0.276 e. The number of H-pyrrole nitrogens is 1. The topological polar surface area (TPSA) is 83.8 Å². The molecule has 2 aromatic rings. The highest BCUT2D eigenvalue weighted by Gasteiger charge is 2.05. The largest absolute Gasteiger partial charge is 0.391 e. The SMILES string of the molecule is Cc1cc(C)cc(Nc2nc[nH]c(=O)c2N)c1. The molecule has 0 spiro atoms. The zero-order chi connectivity index (χ0) is 12.4. The molecule has 5 nitrogen and oxygen atoms in total. The molecule has 2 rings (SSSR count). The van der Waals surface area contributed by atoms with Gasteiger partial charge in [0.25, 0.3) is 5.56 Å². The van der Waals surface area contributed by atoms with Crippen LogP contribution in [0.5, 0.6) is 0 Å². The molecule has 4 N–H and O–H groups in total. The van der Waals surface area contributed by atoms with Gasteiger partial charge >= 0.3 is 0 Å². The van der Waals surface area contributed by atoms with E-state index in [-0.39, 0.29) is 11.2 Å². The van der Waals surface area contributed by atoms with Crippen molar-refractivity contribution in [2.45, 2.75) is 13.8 Å². The highest BCUT2D eigenvalue weighted by molar-refractivity contribution is 5.68. The molecule has 0 atom stereocenters. The van der Waals surface area contributed by atoms with Crippen molar-refractivity contribution in [3.63, 3.8) is 0 Å². The summed E-state index contributed by atoms with van der Waals surface area (Å²) in [6.45, 7) is 4.01. The number of hydrogen-bond acceptors (Lipinski definition) is 4. The number of hydrogen-bond donors (Lipinski definition) is 3. The van der Waals surface area contributed by atoms with E-state index >= 15 is 0 Å². The zero-order valence-electron chi connectivity index (χ0n) is 9.74. The van der Waals surface area contributed by atoms with Crippen LogP contribution >= 0.6 is 0 Å². The summed E-state index contributed by atoms with van der Waals surface area (Å²) >= 11 is 0. The Bertz CT molecular complexity index is 583. The normalized spacial score (nSPS) is 10.2. The molecule has 0 fully saturated rings. The van der Waals surface area contributed by atoms with E-state index in [9.17, 15) is 4.79 Å². The molecule has 0 aliphatic rings. The first-order chi connectivity index (χ1) is 8.06. The second-order valence-electron chi connectivity index (χ2n) is 4.00. The van der Waals surface area contributed by atoms with Gasteiger partial charge < -0.3 is 16.0 Å². The van der Waals surface area contributed by atoms with Crippen LogP contribution in [0.15, 0.2) is 29.3 Å². The Labute approximate surface area is 98.7 Å². The first kappa shape index (κ1) is 11.2. The number of aryl methyl sites for hydroxylation is 2. The fourth-order valence-electron chi connectivity index (χ4n) is 1.69. The van der Waals surface area contributed by atoms with Crippen molar-refractivity contribution in [3.8, 4) is 0 Å². The van der Waals surface area contributed by atoms with Gasteiger partial charge in [-0.05, 0) is 37.1 Å². The molecule has 0 radical (unpaired) electrons. The van der Waals surface area contributed by atoms with Gasteiger partial charge in [0.05, 0.1) is 6.33 Å². The van der Waals surface area contributed by atoms with Gasteiger partial charge in [-0.15, -0.1) is 0 Å². The third-order valence-corrected chi connectivity index (χ3v) is 2.37. The predicted octanol–water partition coefficient (Wildman–Crippen LogP) is 1.71. The Balaban J connectivity index is 2.38. The Morgan fingerprint density at radius 3 is 2.53 bits per heavy atom. The third kappa shape index (κ3) is 2.44. The molecule has 1 aromatic heterocycles. The van der Waals surface area contributed by atoms with Crippen LogP contribution in [-0.4, -0.2) is 9.97 Å². The maximum atomic E-state index is 11.3. The number of rotatable bonds is 2. The van der Waals surface area contributed by atoms with Crippen LogP contribution in [0, 0.1) is 13.8 Å². The van der Waals surface area contributed by atoms with Crippen molar-refractivity contribution in [1.29, 1.82) is 0 Å². The van der Waals surface area contributed by atoms with E-state index in [4.69, 9.17) is 5.73 Å². The van der Waals surface area contributed by atoms with Crippen LogP contribution < -0.4 is 16.6 Å². The Hall–Kier alpha value is -2.30. The fraction of sp³-hybridized carbons (Fsp3) is 0.167. The summed E-state index contributed by atoms with van der Waals surface area (Å²) in [6.07, 6.45) is 1.32. The third-order valence-electron chi connectivity index (χ3n) is 2.37. The molecule has 0 saturated carbocycles. The minimum atomic E-state index is -0.341. The van der Waals surface area contributed by atoms with E-state index in [1.165, 1.54) is 6.33 Å². The van der Waals surface area contributed by atoms with Gasteiger partial charge in [0.2, 0.25) is 0 Å². The fourth-order valence-corrected chi connectivity index (χ4v) is 1.69. The molecule has 5 heteroatoms. The van der Waals surface area contributed by atoms with Crippen LogP contribution in [0.4, 0.5) is 17.2 Å². The summed E-state index contributed by atoms with van der Waals surface area (Å²) in [7, 11) is 0. The van der Waals surface area contributed by atoms with E-state index in [0.29, 0.717) is 5.82 Å². The van der Waals surface area contributed by atoms with E-state index in [1.807, 2.05) is 26.0 Å². The standard InChI is InChI=1S/C12H14N4O/c1-7-3-8(2)5-9(4-7)16-11-10(13)12(17)15-6-14-11/h3-6H,13H2,1-2H3,(H2,14,15,16,17). The number of nitrogens with zero attached hydrogens (tertiary/aromatic N) is 1. The Kier molecular flexibility index (Phi) is 2.82. The van der Waals surface area contributed by atoms with Crippen LogP contribution in [0.1, 0.15) is 11.1 Å². The van der Waals surface area contributed by atoms with Gasteiger partial charge in [0.1, 0.15) is 5.69 Å². The van der Waals surface area contributed by atoms with Gasteiger partial charge in [-0.2, -0.15) is 0 Å². The second kappa shape index (κ2) is 4.29. The number of nitrogen functional groups attached to an aromatic ring is 1. The lowest BCUT2D eigenvalue weighted by Gasteiger charge is -2.08. The van der Waals surface area contributed by atoms with Crippen LogP contribution in [-0.2, 0) is 0 Å². The van der Waals surface area contributed by atoms with Gasteiger partial charge in [0.15, 0.2) is 5.82 Å². The number of anilines is 3. The van der Waals surface area contributed by atoms with Crippen molar-refractivity contribution < 1.29 is 0 Å². The number of benzene rings is 1. The van der Waals surface area contributed by atoms with E-state index in [1.54, 1.807) is 0 Å². The number of aromatic nitrogens is 2. The van der Waals surface area contributed by atoms with Crippen molar-refractivity contribution in [2.75, 3.05) is 11.1 Å². The quantitative estimate of drug-likeness (QED) is 0.733. The first-order valence-electron chi connectivity index (χ1n) is 5.25. The zero-order valence-corrected chi connectivity index (χ0v) is 9.74. The minimum Gasteiger partial charge on any atom is -0.391 e. The average Bonchev–Trinajstić information content (AvgIpc) is 2.23. The van der Waals surface area contributed by atoms with Gasteiger partial charge in [-0.1, -0.05) is 6.07 Å². The highest BCUT2D eigenvalue weighted by Crippen LogP contribution is 2.19. The van der Waals surface area contributed by atoms with Crippen molar-refractivity contribution in [1.82, 2.24) is 9.97 Å². The summed E-state index contributed by atoms with van der Waals surface area (Å²) in [6, 6.07) is 6.00. The predicted molar refractivity (Wildman–Crippen MR) is 68.5 cm³/mol. The molecular weight excluding hydrogens is 216 g/mol.